The van der Waals surface area contributed by atoms with E-state index >= 15 is 0 Å². The van der Waals surface area contributed by atoms with E-state index in [0.717, 1.165) is 16.5 Å². The normalized spacial score (nSPS) is 24.2. The minimum atomic E-state index is -0.350. The number of benzene rings is 1. The Hall–Kier alpha value is -0.410. The molecule has 3 heteroatoms. The minimum Gasteiger partial charge on any atom is -0.392 e. The second-order valence-corrected chi connectivity index (χ2v) is 7.20. The molecule has 1 aromatic carbocycles. The molecule has 1 aliphatic carbocycles. The first-order valence-electron chi connectivity index (χ1n) is 7.02. The molecule has 0 amide bonds. The van der Waals surface area contributed by atoms with Gasteiger partial charge in [0, 0.05) is 4.47 Å². The molecular formula is C16H22BrFO. The van der Waals surface area contributed by atoms with E-state index in [4.69, 9.17) is 0 Å². The Labute approximate surface area is 123 Å². The predicted molar refractivity (Wildman–Crippen MR) is 79.5 cm³/mol. The molecule has 1 aromatic rings. The summed E-state index contributed by atoms with van der Waals surface area (Å²) in [5, 5.41) is 10.5. The molecule has 1 saturated carbocycles. The molecule has 1 aliphatic rings. The largest absolute Gasteiger partial charge is 0.392 e. The number of hydrogen-bond donors (Lipinski definition) is 1. The van der Waals surface area contributed by atoms with Crippen LogP contribution < -0.4 is 0 Å². The molecule has 1 N–H and O–H groups in total. The third-order valence-corrected chi connectivity index (χ3v) is 5.24. The summed E-state index contributed by atoms with van der Waals surface area (Å²) in [6, 6.07) is 4.69. The molecule has 2 rings (SSSR count). The zero-order valence-electron chi connectivity index (χ0n) is 11.6. The Balaban J connectivity index is 2.09. The van der Waals surface area contributed by atoms with Crippen LogP contribution in [-0.4, -0.2) is 11.2 Å². The van der Waals surface area contributed by atoms with Crippen LogP contribution in [0.4, 0.5) is 4.39 Å². The second-order valence-electron chi connectivity index (χ2n) is 6.35. The lowest BCUT2D eigenvalue weighted by atomic mass is 9.66. The molecule has 106 valence electrons. The highest BCUT2D eigenvalue weighted by Gasteiger charge is 2.36. The topological polar surface area (TPSA) is 20.2 Å². The van der Waals surface area contributed by atoms with Gasteiger partial charge in [0.25, 0.3) is 0 Å². The van der Waals surface area contributed by atoms with Gasteiger partial charge in [0.2, 0.25) is 0 Å². The van der Waals surface area contributed by atoms with Crippen LogP contribution in [0.3, 0.4) is 0 Å². The average Bonchev–Trinajstić information content (AvgIpc) is 2.32. The Morgan fingerprint density at radius 2 is 2.16 bits per heavy atom. The van der Waals surface area contributed by atoms with Crippen molar-refractivity contribution in [3.05, 3.63) is 34.1 Å². The monoisotopic (exact) mass is 328 g/mol. The quantitative estimate of drug-likeness (QED) is 0.852. The van der Waals surface area contributed by atoms with Gasteiger partial charge in [-0.1, -0.05) is 48.7 Å². The van der Waals surface area contributed by atoms with E-state index in [2.05, 4.69) is 29.8 Å². The third-order valence-electron chi connectivity index (χ3n) is 4.50. The Kier molecular flexibility index (Phi) is 4.67. The minimum absolute atomic E-state index is 0.199. The summed E-state index contributed by atoms with van der Waals surface area (Å²) in [6.07, 6.45) is 4.98. The first-order chi connectivity index (χ1) is 8.90. The van der Waals surface area contributed by atoms with Crippen molar-refractivity contribution < 1.29 is 9.50 Å². The highest BCUT2D eigenvalue weighted by Crippen LogP contribution is 2.43. The number of halogens is 2. The zero-order chi connectivity index (χ0) is 14.0. The highest BCUT2D eigenvalue weighted by molar-refractivity contribution is 9.10. The van der Waals surface area contributed by atoms with Gasteiger partial charge in [-0.05, 0) is 48.3 Å². The van der Waals surface area contributed by atoms with Gasteiger partial charge in [0.15, 0.2) is 0 Å². The maximum Gasteiger partial charge on any atom is 0.124 e. The van der Waals surface area contributed by atoms with Gasteiger partial charge in [-0.3, -0.25) is 0 Å². The van der Waals surface area contributed by atoms with Crippen molar-refractivity contribution in [2.24, 2.45) is 11.3 Å². The van der Waals surface area contributed by atoms with Crippen molar-refractivity contribution in [2.45, 2.75) is 52.1 Å². The van der Waals surface area contributed by atoms with Crippen molar-refractivity contribution in [1.29, 1.82) is 0 Å². The zero-order valence-corrected chi connectivity index (χ0v) is 13.2. The maximum absolute atomic E-state index is 13.1. The number of rotatable bonds is 3. The molecule has 1 nitrogen and oxygen atoms in total. The van der Waals surface area contributed by atoms with E-state index in [9.17, 15) is 9.50 Å². The third kappa shape index (κ3) is 3.57. The van der Waals surface area contributed by atoms with Crippen molar-refractivity contribution in [3.8, 4) is 0 Å². The summed E-state index contributed by atoms with van der Waals surface area (Å²) in [4.78, 5) is 0. The predicted octanol–water partition coefficient (Wildman–Crippen LogP) is 4.71. The number of aliphatic hydroxyl groups excluding tert-OH is 1. The lowest BCUT2D eigenvalue weighted by molar-refractivity contribution is 0.00571. The Morgan fingerprint density at radius 3 is 2.79 bits per heavy atom. The van der Waals surface area contributed by atoms with E-state index in [-0.39, 0.29) is 17.3 Å². The fourth-order valence-electron chi connectivity index (χ4n) is 3.29. The highest BCUT2D eigenvalue weighted by atomic mass is 79.9. The van der Waals surface area contributed by atoms with Crippen LogP contribution in [0.25, 0.3) is 0 Å². The summed E-state index contributed by atoms with van der Waals surface area (Å²) < 4.78 is 13.8. The molecule has 0 heterocycles. The number of aliphatic hydroxyl groups is 1. The lowest BCUT2D eigenvalue weighted by Gasteiger charge is -2.41. The van der Waals surface area contributed by atoms with Crippen LogP contribution >= 0.6 is 15.9 Å². The molecule has 0 bridgehead atoms. The van der Waals surface area contributed by atoms with E-state index < -0.39 is 0 Å². The molecule has 0 spiro atoms. The van der Waals surface area contributed by atoms with Gasteiger partial charge in [-0.15, -0.1) is 0 Å². The average molecular weight is 329 g/mol. The smallest absolute Gasteiger partial charge is 0.124 e. The van der Waals surface area contributed by atoms with E-state index in [1.54, 1.807) is 6.07 Å². The van der Waals surface area contributed by atoms with Crippen LogP contribution in [-0.2, 0) is 6.42 Å². The van der Waals surface area contributed by atoms with Crippen LogP contribution in [0, 0.1) is 17.2 Å². The van der Waals surface area contributed by atoms with E-state index in [1.165, 1.54) is 31.4 Å². The molecule has 0 aromatic heterocycles. The van der Waals surface area contributed by atoms with Crippen LogP contribution in [0.15, 0.2) is 22.7 Å². The number of hydrogen-bond acceptors (Lipinski definition) is 1. The molecule has 0 radical (unpaired) electrons. The van der Waals surface area contributed by atoms with Gasteiger partial charge in [-0.25, -0.2) is 4.39 Å². The maximum atomic E-state index is 13.1. The molecule has 0 saturated heterocycles. The fourth-order valence-corrected chi connectivity index (χ4v) is 3.80. The lowest BCUT2D eigenvalue weighted by Crippen LogP contribution is -2.37. The SMILES string of the molecule is CC1(C)CCCCC1C(O)Cc1ccc(F)cc1Br. The van der Waals surface area contributed by atoms with E-state index in [0.29, 0.717) is 12.3 Å². The van der Waals surface area contributed by atoms with Crippen LogP contribution in [0.2, 0.25) is 0 Å². The van der Waals surface area contributed by atoms with Crippen molar-refractivity contribution in [3.63, 3.8) is 0 Å². The fraction of sp³-hybridized carbons (Fsp3) is 0.625. The van der Waals surface area contributed by atoms with Gasteiger partial charge < -0.3 is 5.11 Å². The molecule has 2 atom stereocenters. The van der Waals surface area contributed by atoms with Crippen molar-refractivity contribution >= 4 is 15.9 Å². The molecular weight excluding hydrogens is 307 g/mol. The van der Waals surface area contributed by atoms with Crippen molar-refractivity contribution in [2.75, 3.05) is 0 Å². The Bertz CT molecular complexity index is 444. The van der Waals surface area contributed by atoms with Gasteiger partial charge in [0.05, 0.1) is 6.10 Å². The standard InChI is InChI=1S/C16H22BrFO/c1-16(2)8-4-3-5-13(16)15(19)9-11-6-7-12(18)10-14(11)17/h6-7,10,13,15,19H,3-5,8-9H2,1-2H3. The summed E-state index contributed by atoms with van der Waals surface area (Å²) >= 11 is 3.38. The summed E-state index contributed by atoms with van der Waals surface area (Å²) in [5.41, 5.74) is 1.18. The van der Waals surface area contributed by atoms with Gasteiger partial charge in [0.1, 0.15) is 5.82 Å². The first-order valence-corrected chi connectivity index (χ1v) is 7.81. The van der Waals surface area contributed by atoms with Gasteiger partial charge >= 0.3 is 0 Å². The molecule has 2 unspecified atom stereocenters. The van der Waals surface area contributed by atoms with Gasteiger partial charge in [-0.2, -0.15) is 0 Å². The molecule has 0 aliphatic heterocycles. The summed E-state index contributed by atoms with van der Waals surface area (Å²) in [6.45, 7) is 4.50. The van der Waals surface area contributed by atoms with E-state index in [1.807, 2.05) is 0 Å². The first kappa shape index (κ1) is 15.0. The summed E-state index contributed by atoms with van der Waals surface area (Å²) in [7, 11) is 0. The van der Waals surface area contributed by atoms with Crippen LogP contribution in [0.1, 0.15) is 45.1 Å². The Morgan fingerprint density at radius 1 is 1.42 bits per heavy atom. The molecule has 1 fully saturated rings. The van der Waals surface area contributed by atoms with Crippen LogP contribution in [0.5, 0.6) is 0 Å². The summed E-state index contributed by atoms with van der Waals surface area (Å²) in [5.74, 6) is 0.0846. The second kappa shape index (κ2) is 5.92. The van der Waals surface area contributed by atoms with Crippen molar-refractivity contribution in [1.82, 2.24) is 0 Å². The molecule has 19 heavy (non-hydrogen) atoms.